The lowest BCUT2D eigenvalue weighted by Gasteiger charge is -2.07. The first-order valence-corrected chi connectivity index (χ1v) is 6.88. The van der Waals surface area contributed by atoms with E-state index >= 15 is 0 Å². The van der Waals surface area contributed by atoms with Crippen LogP contribution in [-0.4, -0.2) is 12.5 Å². The van der Waals surface area contributed by atoms with E-state index in [9.17, 15) is 9.18 Å². The molecule has 5 heteroatoms. The number of halogens is 1. The van der Waals surface area contributed by atoms with Crippen LogP contribution in [-0.2, 0) is 11.3 Å². The smallest absolute Gasteiger partial charge is 0.238 e. The first-order chi connectivity index (χ1) is 9.16. The molecule has 1 amide bonds. The van der Waals surface area contributed by atoms with Crippen molar-refractivity contribution in [2.75, 3.05) is 11.9 Å². The van der Waals surface area contributed by atoms with Crippen LogP contribution in [0.15, 0.2) is 35.0 Å². The van der Waals surface area contributed by atoms with Crippen LogP contribution in [0.1, 0.15) is 11.1 Å². The van der Waals surface area contributed by atoms with Gasteiger partial charge in [-0.25, -0.2) is 4.39 Å². The van der Waals surface area contributed by atoms with Gasteiger partial charge in [-0.3, -0.25) is 4.79 Å². The van der Waals surface area contributed by atoms with Gasteiger partial charge in [0.2, 0.25) is 5.91 Å². The first kappa shape index (κ1) is 13.7. The lowest BCUT2D eigenvalue weighted by Crippen LogP contribution is -2.28. The third-order valence-corrected chi connectivity index (χ3v) is 3.62. The Labute approximate surface area is 115 Å². The minimum absolute atomic E-state index is 0.156. The molecule has 0 atom stereocenters. The maximum Gasteiger partial charge on any atom is 0.238 e. The molecule has 0 spiro atoms. The van der Waals surface area contributed by atoms with Gasteiger partial charge < -0.3 is 10.6 Å². The van der Waals surface area contributed by atoms with E-state index in [1.807, 2.05) is 6.92 Å². The Morgan fingerprint density at radius 1 is 1.32 bits per heavy atom. The average Bonchev–Trinajstić information content (AvgIpc) is 2.78. The summed E-state index contributed by atoms with van der Waals surface area (Å²) in [6, 6.07) is 6.12. The van der Waals surface area contributed by atoms with Crippen LogP contribution >= 0.6 is 11.3 Å². The second kappa shape index (κ2) is 6.45. The number of hydrogen-bond donors (Lipinski definition) is 2. The zero-order chi connectivity index (χ0) is 13.7. The topological polar surface area (TPSA) is 41.1 Å². The molecule has 100 valence electrons. The van der Waals surface area contributed by atoms with E-state index < -0.39 is 5.82 Å². The van der Waals surface area contributed by atoms with E-state index in [2.05, 4.69) is 21.4 Å². The van der Waals surface area contributed by atoms with E-state index in [1.165, 1.54) is 23.3 Å². The number of carbonyl (C=O) groups excluding carboxylic acids is 1. The second-order valence-electron chi connectivity index (χ2n) is 4.21. The summed E-state index contributed by atoms with van der Waals surface area (Å²) in [5.74, 6) is -0.678. The summed E-state index contributed by atoms with van der Waals surface area (Å²) in [6.07, 6.45) is 0. The molecule has 3 nitrogen and oxygen atoms in total. The van der Waals surface area contributed by atoms with Gasteiger partial charge in [0.1, 0.15) is 5.82 Å². The number of nitrogens with one attached hydrogen (secondary N) is 2. The fourth-order valence-corrected chi connectivity index (χ4v) is 2.49. The zero-order valence-electron chi connectivity index (χ0n) is 10.6. The van der Waals surface area contributed by atoms with Crippen molar-refractivity contribution in [2.45, 2.75) is 13.5 Å². The third kappa shape index (κ3) is 3.87. The number of anilines is 1. The highest BCUT2D eigenvalue weighted by Crippen LogP contribution is 2.13. The van der Waals surface area contributed by atoms with Crippen LogP contribution in [0, 0.1) is 12.7 Å². The highest BCUT2D eigenvalue weighted by atomic mass is 32.1. The SMILES string of the molecule is Cc1cscc1CNCC(=O)Nc1ccccc1F. The van der Waals surface area contributed by atoms with Crippen molar-refractivity contribution in [3.8, 4) is 0 Å². The Balaban J connectivity index is 1.79. The largest absolute Gasteiger partial charge is 0.322 e. The molecule has 0 fully saturated rings. The van der Waals surface area contributed by atoms with Gasteiger partial charge in [0.15, 0.2) is 0 Å². The Kier molecular flexibility index (Phi) is 4.65. The standard InChI is InChI=1S/C14H15FN2OS/c1-10-8-19-9-11(10)6-16-7-14(18)17-13-5-3-2-4-12(13)15/h2-5,8-9,16H,6-7H2,1H3,(H,17,18). The van der Waals surface area contributed by atoms with Crippen molar-refractivity contribution >= 4 is 22.9 Å². The molecule has 0 saturated carbocycles. The summed E-state index contributed by atoms with van der Waals surface area (Å²) in [5.41, 5.74) is 2.61. The minimum atomic E-state index is -0.426. The molecule has 2 rings (SSSR count). The van der Waals surface area contributed by atoms with E-state index in [4.69, 9.17) is 0 Å². The molecule has 0 aliphatic carbocycles. The summed E-state index contributed by atoms with van der Waals surface area (Å²) < 4.78 is 13.3. The van der Waals surface area contributed by atoms with Crippen molar-refractivity contribution in [2.24, 2.45) is 0 Å². The first-order valence-electron chi connectivity index (χ1n) is 5.93. The second-order valence-corrected chi connectivity index (χ2v) is 4.96. The van der Waals surface area contributed by atoms with Gasteiger partial charge >= 0.3 is 0 Å². The van der Waals surface area contributed by atoms with Gasteiger partial charge in [-0.2, -0.15) is 11.3 Å². The van der Waals surface area contributed by atoms with Gasteiger partial charge in [-0.05, 0) is 40.9 Å². The highest BCUT2D eigenvalue weighted by molar-refractivity contribution is 7.08. The molecule has 1 heterocycles. The van der Waals surface area contributed by atoms with Crippen LogP contribution < -0.4 is 10.6 Å². The predicted octanol–water partition coefficient (Wildman–Crippen LogP) is 2.92. The van der Waals surface area contributed by atoms with Gasteiger partial charge in [-0.1, -0.05) is 12.1 Å². The maximum absolute atomic E-state index is 13.3. The fourth-order valence-electron chi connectivity index (χ4n) is 1.64. The van der Waals surface area contributed by atoms with E-state index in [1.54, 1.807) is 23.5 Å². The third-order valence-electron chi connectivity index (χ3n) is 2.71. The molecule has 1 aromatic heterocycles. The van der Waals surface area contributed by atoms with Crippen molar-refractivity contribution in [1.29, 1.82) is 0 Å². The quantitative estimate of drug-likeness (QED) is 0.883. The molecule has 0 bridgehead atoms. The number of rotatable bonds is 5. The summed E-state index contributed by atoms with van der Waals surface area (Å²) >= 11 is 1.64. The summed E-state index contributed by atoms with van der Waals surface area (Å²) in [6.45, 7) is 2.83. The van der Waals surface area contributed by atoms with Crippen molar-refractivity contribution in [1.82, 2.24) is 5.32 Å². The summed E-state index contributed by atoms with van der Waals surface area (Å²) in [7, 11) is 0. The van der Waals surface area contributed by atoms with Gasteiger partial charge in [0, 0.05) is 6.54 Å². The van der Waals surface area contributed by atoms with E-state index in [-0.39, 0.29) is 18.1 Å². The predicted molar refractivity (Wildman–Crippen MR) is 75.8 cm³/mol. The van der Waals surface area contributed by atoms with E-state index in [0.717, 1.165) is 0 Å². The van der Waals surface area contributed by atoms with Crippen LogP contribution in [0.2, 0.25) is 0 Å². The summed E-state index contributed by atoms with van der Waals surface area (Å²) in [5, 5.41) is 9.69. The Morgan fingerprint density at radius 2 is 2.11 bits per heavy atom. The Bertz CT molecular complexity index is 568. The van der Waals surface area contributed by atoms with E-state index in [0.29, 0.717) is 6.54 Å². The molecule has 0 unspecified atom stereocenters. The van der Waals surface area contributed by atoms with Crippen molar-refractivity contribution in [3.05, 3.63) is 52.0 Å². The summed E-state index contributed by atoms with van der Waals surface area (Å²) in [4.78, 5) is 11.6. The molecular formula is C14H15FN2OS. The van der Waals surface area contributed by atoms with Gasteiger partial charge in [-0.15, -0.1) is 0 Å². The van der Waals surface area contributed by atoms with Crippen molar-refractivity contribution in [3.63, 3.8) is 0 Å². The minimum Gasteiger partial charge on any atom is -0.322 e. The maximum atomic E-state index is 13.3. The molecule has 0 saturated heterocycles. The number of thiophene rings is 1. The van der Waals surface area contributed by atoms with Crippen LogP contribution in [0.3, 0.4) is 0 Å². The Hall–Kier alpha value is -1.72. The fraction of sp³-hybridized carbons (Fsp3) is 0.214. The number of carbonyl (C=O) groups is 1. The number of amides is 1. The van der Waals surface area contributed by atoms with Crippen LogP contribution in [0.4, 0.5) is 10.1 Å². The number of para-hydroxylation sites is 1. The molecule has 1 aromatic carbocycles. The van der Waals surface area contributed by atoms with Gasteiger partial charge in [0.25, 0.3) is 0 Å². The van der Waals surface area contributed by atoms with Gasteiger partial charge in [0.05, 0.1) is 12.2 Å². The molecule has 2 N–H and O–H groups in total. The monoisotopic (exact) mass is 278 g/mol. The molecule has 0 radical (unpaired) electrons. The highest BCUT2D eigenvalue weighted by Gasteiger charge is 2.06. The zero-order valence-corrected chi connectivity index (χ0v) is 11.4. The molecule has 2 aromatic rings. The van der Waals surface area contributed by atoms with Crippen molar-refractivity contribution < 1.29 is 9.18 Å². The normalized spacial score (nSPS) is 10.4. The molecular weight excluding hydrogens is 263 g/mol. The number of benzene rings is 1. The number of aryl methyl sites for hydroxylation is 1. The molecule has 0 aliphatic rings. The van der Waals surface area contributed by atoms with Crippen LogP contribution in [0.5, 0.6) is 0 Å². The van der Waals surface area contributed by atoms with Crippen LogP contribution in [0.25, 0.3) is 0 Å². The Morgan fingerprint density at radius 3 is 2.79 bits per heavy atom. The average molecular weight is 278 g/mol. The molecule has 19 heavy (non-hydrogen) atoms. The lowest BCUT2D eigenvalue weighted by molar-refractivity contribution is -0.115. The number of hydrogen-bond acceptors (Lipinski definition) is 3. The molecule has 0 aliphatic heterocycles. The lowest BCUT2D eigenvalue weighted by atomic mass is 10.2.